The van der Waals surface area contributed by atoms with Crippen LogP contribution >= 0.6 is 24.8 Å². The van der Waals surface area contributed by atoms with Crippen molar-refractivity contribution in [1.82, 2.24) is 15.1 Å². The van der Waals surface area contributed by atoms with Crippen LogP contribution < -0.4 is 5.32 Å². The van der Waals surface area contributed by atoms with Crippen LogP contribution in [0.15, 0.2) is 0 Å². The van der Waals surface area contributed by atoms with E-state index in [1.807, 2.05) is 0 Å². The number of carbonyl (C=O) groups excluding carboxylic acids is 1. The Labute approximate surface area is 147 Å². The van der Waals surface area contributed by atoms with Crippen molar-refractivity contribution in [3.8, 4) is 0 Å². The van der Waals surface area contributed by atoms with Crippen LogP contribution in [-0.2, 0) is 4.79 Å². The van der Waals surface area contributed by atoms with Gasteiger partial charge in [-0.05, 0) is 70.6 Å². The van der Waals surface area contributed by atoms with E-state index in [4.69, 9.17) is 0 Å². The molecule has 3 fully saturated rings. The lowest BCUT2D eigenvalue weighted by molar-refractivity contribution is -0.134. The van der Waals surface area contributed by atoms with Gasteiger partial charge in [0.2, 0.25) is 5.91 Å². The highest BCUT2D eigenvalue weighted by Crippen LogP contribution is 2.23. The molecule has 1 unspecified atom stereocenters. The highest BCUT2D eigenvalue weighted by molar-refractivity contribution is 5.85. The van der Waals surface area contributed by atoms with Crippen LogP contribution in [0.25, 0.3) is 0 Å². The minimum Gasteiger partial charge on any atom is -0.341 e. The first-order valence-corrected chi connectivity index (χ1v) is 8.55. The van der Waals surface area contributed by atoms with Gasteiger partial charge in [-0.3, -0.25) is 9.69 Å². The molecule has 0 bridgehead atoms. The molecular formula is C16H31Cl2N3O. The summed E-state index contributed by atoms with van der Waals surface area (Å²) >= 11 is 0. The summed E-state index contributed by atoms with van der Waals surface area (Å²) < 4.78 is 0. The van der Waals surface area contributed by atoms with Gasteiger partial charge in [0.05, 0.1) is 0 Å². The Balaban J connectivity index is 0.00000121. The molecular weight excluding hydrogens is 321 g/mol. The Bertz CT molecular complexity index is 331. The average molecular weight is 352 g/mol. The van der Waals surface area contributed by atoms with Crippen molar-refractivity contribution in [2.75, 3.05) is 39.3 Å². The van der Waals surface area contributed by atoms with Gasteiger partial charge < -0.3 is 10.2 Å². The summed E-state index contributed by atoms with van der Waals surface area (Å²) in [6.45, 7) is 6.67. The first kappa shape index (κ1) is 20.0. The largest absolute Gasteiger partial charge is 0.341 e. The van der Waals surface area contributed by atoms with E-state index in [2.05, 4.69) is 15.1 Å². The van der Waals surface area contributed by atoms with Crippen molar-refractivity contribution in [1.29, 1.82) is 0 Å². The third-order valence-electron chi connectivity index (χ3n) is 5.33. The van der Waals surface area contributed by atoms with Gasteiger partial charge in [-0.2, -0.15) is 0 Å². The molecule has 3 aliphatic rings. The Morgan fingerprint density at radius 2 is 1.64 bits per heavy atom. The van der Waals surface area contributed by atoms with Crippen molar-refractivity contribution in [2.24, 2.45) is 5.92 Å². The quantitative estimate of drug-likeness (QED) is 0.847. The second-order valence-corrected chi connectivity index (χ2v) is 6.78. The van der Waals surface area contributed by atoms with E-state index in [-0.39, 0.29) is 24.8 Å². The predicted octanol–water partition coefficient (Wildman–Crippen LogP) is 2.31. The number of rotatable bonds is 3. The number of nitrogens with zero attached hydrogens (tertiary/aromatic N) is 2. The molecule has 1 amide bonds. The van der Waals surface area contributed by atoms with Gasteiger partial charge in [-0.1, -0.05) is 0 Å². The second kappa shape index (κ2) is 9.96. The number of halogens is 2. The SMILES string of the molecule is Cl.Cl.O=C(CC1CCNCC1)N1CCCC(N2CCCC2)C1. The molecule has 1 N–H and O–H groups in total. The predicted molar refractivity (Wildman–Crippen MR) is 95.1 cm³/mol. The number of piperidine rings is 2. The summed E-state index contributed by atoms with van der Waals surface area (Å²) in [4.78, 5) is 17.3. The molecule has 0 spiro atoms. The third kappa shape index (κ3) is 5.26. The van der Waals surface area contributed by atoms with E-state index in [0.717, 1.165) is 32.6 Å². The van der Waals surface area contributed by atoms with Gasteiger partial charge in [0.1, 0.15) is 0 Å². The molecule has 0 radical (unpaired) electrons. The van der Waals surface area contributed by atoms with Crippen LogP contribution in [0.4, 0.5) is 0 Å². The summed E-state index contributed by atoms with van der Waals surface area (Å²) in [5, 5.41) is 3.38. The maximum Gasteiger partial charge on any atom is 0.222 e. The van der Waals surface area contributed by atoms with Gasteiger partial charge in [0.15, 0.2) is 0 Å². The summed E-state index contributed by atoms with van der Waals surface area (Å²) in [5.74, 6) is 1.04. The van der Waals surface area contributed by atoms with E-state index in [1.54, 1.807) is 0 Å². The molecule has 3 saturated heterocycles. The standard InChI is InChI=1S/C16H29N3O.2ClH/c20-16(12-14-5-7-17-8-6-14)19-11-3-4-15(13-19)18-9-1-2-10-18;;/h14-15,17H,1-13H2;2*1H. The zero-order valence-electron chi connectivity index (χ0n) is 13.5. The van der Waals surface area contributed by atoms with Gasteiger partial charge >= 0.3 is 0 Å². The lowest BCUT2D eigenvalue weighted by Gasteiger charge is -2.38. The van der Waals surface area contributed by atoms with Crippen LogP contribution in [0.2, 0.25) is 0 Å². The Morgan fingerprint density at radius 3 is 2.32 bits per heavy atom. The van der Waals surface area contributed by atoms with Gasteiger partial charge in [0.25, 0.3) is 0 Å². The van der Waals surface area contributed by atoms with Crippen LogP contribution in [0, 0.1) is 5.92 Å². The monoisotopic (exact) mass is 351 g/mol. The lowest BCUT2D eigenvalue weighted by Crippen LogP contribution is -2.49. The topological polar surface area (TPSA) is 35.6 Å². The van der Waals surface area contributed by atoms with E-state index >= 15 is 0 Å². The Morgan fingerprint density at radius 1 is 0.955 bits per heavy atom. The van der Waals surface area contributed by atoms with Gasteiger partial charge in [0, 0.05) is 25.6 Å². The van der Waals surface area contributed by atoms with Crippen LogP contribution in [-0.4, -0.2) is 61.0 Å². The van der Waals surface area contributed by atoms with Gasteiger partial charge in [-0.15, -0.1) is 24.8 Å². The molecule has 130 valence electrons. The van der Waals surface area contributed by atoms with Gasteiger partial charge in [-0.25, -0.2) is 0 Å². The molecule has 1 atom stereocenters. The molecule has 0 aromatic heterocycles. The fourth-order valence-electron chi connectivity index (χ4n) is 4.05. The number of nitrogens with one attached hydrogen (secondary N) is 1. The van der Waals surface area contributed by atoms with E-state index < -0.39 is 0 Å². The average Bonchev–Trinajstić information content (AvgIpc) is 3.03. The molecule has 3 heterocycles. The van der Waals surface area contributed by atoms with Crippen LogP contribution in [0.3, 0.4) is 0 Å². The molecule has 0 aliphatic carbocycles. The van der Waals surface area contributed by atoms with E-state index in [9.17, 15) is 4.79 Å². The highest BCUT2D eigenvalue weighted by Gasteiger charge is 2.30. The zero-order valence-corrected chi connectivity index (χ0v) is 15.1. The zero-order chi connectivity index (χ0) is 13.8. The van der Waals surface area contributed by atoms with Crippen LogP contribution in [0.1, 0.15) is 44.9 Å². The first-order valence-electron chi connectivity index (χ1n) is 8.55. The molecule has 3 aliphatic heterocycles. The Kier molecular flexibility index (Phi) is 9.07. The molecule has 22 heavy (non-hydrogen) atoms. The molecule has 6 heteroatoms. The minimum atomic E-state index is 0. The molecule has 3 rings (SSSR count). The first-order chi connectivity index (χ1) is 9.83. The second-order valence-electron chi connectivity index (χ2n) is 6.78. The fraction of sp³-hybridized carbons (Fsp3) is 0.938. The summed E-state index contributed by atoms with van der Waals surface area (Å²) in [7, 11) is 0. The third-order valence-corrected chi connectivity index (χ3v) is 5.33. The fourth-order valence-corrected chi connectivity index (χ4v) is 4.05. The number of carbonyl (C=O) groups is 1. The summed E-state index contributed by atoms with van der Waals surface area (Å²) in [5.41, 5.74) is 0. The minimum absolute atomic E-state index is 0. The molecule has 0 saturated carbocycles. The maximum atomic E-state index is 12.5. The number of hydrogen-bond acceptors (Lipinski definition) is 3. The van der Waals surface area contributed by atoms with E-state index in [0.29, 0.717) is 17.9 Å². The van der Waals surface area contributed by atoms with E-state index in [1.165, 1.54) is 51.6 Å². The van der Waals surface area contributed by atoms with Crippen molar-refractivity contribution >= 4 is 30.7 Å². The number of amides is 1. The van der Waals surface area contributed by atoms with Crippen molar-refractivity contribution < 1.29 is 4.79 Å². The molecule has 4 nitrogen and oxygen atoms in total. The molecule has 0 aromatic rings. The van der Waals surface area contributed by atoms with Crippen LogP contribution in [0.5, 0.6) is 0 Å². The van der Waals surface area contributed by atoms with Crippen molar-refractivity contribution in [3.05, 3.63) is 0 Å². The summed E-state index contributed by atoms with van der Waals surface area (Å²) in [6.07, 6.45) is 8.31. The lowest BCUT2D eigenvalue weighted by atomic mass is 9.93. The van der Waals surface area contributed by atoms with Crippen molar-refractivity contribution in [3.63, 3.8) is 0 Å². The smallest absolute Gasteiger partial charge is 0.222 e. The van der Waals surface area contributed by atoms with Crippen molar-refractivity contribution in [2.45, 2.75) is 51.0 Å². The number of likely N-dealkylation sites (tertiary alicyclic amines) is 2. The normalized spacial score (nSPS) is 27.1. The Hall–Kier alpha value is -0.0300. The molecule has 0 aromatic carbocycles. The highest BCUT2D eigenvalue weighted by atomic mass is 35.5. The summed E-state index contributed by atoms with van der Waals surface area (Å²) in [6, 6.07) is 0.642. The number of hydrogen-bond donors (Lipinski definition) is 1. The maximum absolute atomic E-state index is 12.5.